The van der Waals surface area contributed by atoms with Crippen LogP contribution < -0.4 is 4.90 Å². The lowest BCUT2D eigenvalue weighted by Gasteiger charge is -2.35. The highest BCUT2D eigenvalue weighted by molar-refractivity contribution is 5.98. The maximum atomic E-state index is 12.9. The molecular formula is C21H19N5O. The highest BCUT2D eigenvalue weighted by Gasteiger charge is 2.24. The molecule has 1 N–H and O–H groups in total. The zero-order chi connectivity index (χ0) is 18.2. The van der Waals surface area contributed by atoms with Gasteiger partial charge in [-0.25, -0.2) is 9.97 Å². The normalized spacial score (nSPS) is 14.8. The summed E-state index contributed by atoms with van der Waals surface area (Å²) < 4.78 is 0. The number of nitrogens with one attached hydrogen (secondary N) is 1. The van der Waals surface area contributed by atoms with Gasteiger partial charge in [-0.05, 0) is 35.7 Å². The van der Waals surface area contributed by atoms with Gasteiger partial charge in [-0.3, -0.25) is 4.79 Å². The quantitative estimate of drug-likeness (QED) is 0.599. The van der Waals surface area contributed by atoms with Gasteiger partial charge in [0, 0.05) is 48.8 Å². The van der Waals surface area contributed by atoms with Gasteiger partial charge in [0.15, 0.2) is 0 Å². The van der Waals surface area contributed by atoms with Crippen LogP contribution in [0, 0.1) is 0 Å². The maximum absolute atomic E-state index is 12.9. The first-order valence-corrected chi connectivity index (χ1v) is 9.11. The second-order valence-electron chi connectivity index (χ2n) is 6.77. The smallest absolute Gasteiger partial charge is 0.254 e. The fourth-order valence-electron chi connectivity index (χ4n) is 3.73. The minimum atomic E-state index is 0.0821. The predicted molar refractivity (Wildman–Crippen MR) is 106 cm³/mol. The largest absolute Gasteiger partial charge is 0.361 e. The van der Waals surface area contributed by atoms with Crippen LogP contribution in [0.3, 0.4) is 0 Å². The molecule has 0 spiro atoms. The number of H-pyrrole nitrogens is 1. The summed E-state index contributed by atoms with van der Waals surface area (Å²) in [6.07, 6.45) is 3.50. The molecule has 2 aromatic carbocycles. The number of fused-ring (bicyclic) bond motifs is 2. The average Bonchev–Trinajstić information content (AvgIpc) is 3.21. The number of hydrogen-bond acceptors (Lipinski definition) is 4. The average molecular weight is 357 g/mol. The van der Waals surface area contributed by atoms with Crippen LogP contribution in [0.5, 0.6) is 0 Å². The number of aromatic nitrogens is 3. The van der Waals surface area contributed by atoms with Crippen molar-refractivity contribution in [1.29, 1.82) is 0 Å². The first kappa shape index (κ1) is 15.8. The molecule has 0 aliphatic carbocycles. The number of rotatable bonds is 2. The van der Waals surface area contributed by atoms with Gasteiger partial charge in [0.05, 0.1) is 5.52 Å². The van der Waals surface area contributed by atoms with E-state index in [0.717, 1.165) is 46.3 Å². The molecule has 1 saturated heterocycles. The topological polar surface area (TPSA) is 65.1 Å². The first-order chi connectivity index (χ1) is 13.3. The second kappa shape index (κ2) is 6.39. The van der Waals surface area contributed by atoms with Crippen molar-refractivity contribution in [2.24, 2.45) is 0 Å². The van der Waals surface area contributed by atoms with E-state index in [9.17, 15) is 4.79 Å². The molecule has 1 aliphatic rings. The maximum Gasteiger partial charge on any atom is 0.254 e. The SMILES string of the molecule is O=C(c1ccc2cc[nH]c2c1)N1CCN(c2ncnc3ccccc23)CC1. The molecular weight excluding hydrogens is 338 g/mol. The van der Waals surface area contributed by atoms with Crippen LogP contribution in [0.4, 0.5) is 5.82 Å². The summed E-state index contributed by atoms with van der Waals surface area (Å²) in [4.78, 5) is 29.0. The number of aromatic amines is 1. The van der Waals surface area contributed by atoms with E-state index in [1.807, 2.05) is 59.6 Å². The van der Waals surface area contributed by atoms with Crippen molar-refractivity contribution >= 4 is 33.5 Å². The summed E-state index contributed by atoms with van der Waals surface area (Å²) in [6.45, 7) is 2.88. The third-order valence-corrected chi connectivity index (χ3v) is 5.19. The zero-order valence-electron chi connectivity index (χ0n) is 14.8. The van der Waals surface area contributed by atoms with Gasteiger partial charge in [-0.1, -0.05) is 18.2 Å². The van der Waals surface area contributed by atoms with Crippen LogP contribution >= 0.6 is 0 Å². The van der Waals surface area contributed by atoms with Crippen LogP contribution in [-0.4, -0.2) is 51.9 Å². The Bertz CT molecular complexity index is 1120. The van der Waals surface area contributed by atoms with E-state index < -0.39 is 0 Å². The molecule has 134 valence electrons. The van der Waals surface area contributed by atoms with Crippen LogP contribution in [0.2, 0.25) is 0 Å². The van der Waals surface area contributed by atoms with Gasteiger partial charge in [0.2, 0.25) is 0 Å². The van der Waals surface area contributed by atoms with Crippen LogP contribution in [0.25, 0.3) is 21.8 Å². The van der Waals surface area contributed by atoms with E-state index >= 15 is 0 Å². The van der Waals surface area contributed by atoms with E-state index in [1.165, 1.54) is 0 Å². The lowest BCUT2D eigenvalue weighted by molar-refractivity contribution is 0.0747. The molecule has 0 atom stereocenters. The van der Waals surface area contributed by atoms with E-state index in [0.29, 0.717) is 13.1 Å². The lowest BCUT2D eigenvalue weighted by Crippen LogP contribution is -2.49. The minimum Gasteiger partial charge on any atom is -0.361 e. The van der Waals surface area contributed by atoms with E-state index in [4.69, 9.17) is 0 Å². The summed E-state index contributed by atoms with van der Waals surface area (Å²) in [7, 11) is 0. The Labute approximate surface area is 156 Å². The molecule has 1 fully saturated rings. The fraction of sp³-hybridized carbons (Fsp3) is 0.190. The third-order valence-electron chi connectivity index (χ3n) is 5.19. The standard InChI is InChI=1S/C21H19N5O/c27-21(16-6-5-15-7-8-22-19(15)13-16)26-11-9-25(10-12-26)20-17-3-1-2-4-18(17)23-14-24-20/h1-8,13-14,22H,9-12H2. The highest BCUT2D eigenvalue weighted by atomic mass is 16.2. The van der Waals surface area contributed by atoms with Gasteiger partial charge in [-0.15, -0.1) is 0 Å². The Hall–Kier alpha value is -3.41. The molecule has 0 radical (unpaired) electrons. The van der Waals surface area contributed by atoms with E-state index in [2.05, 4.69) is 19.9 Å². The first-order valence-electron chi connectivity index (χ1n) is 9.11. The van der Waals surface area contributed by atoms with Crippen molar-refractivity contribution in [2.45, 2.75) is 0 Å². The molecule has 0 bridgehead atoms. The summed E-state index contributed by atoms with van der Waals surface area (Å²) in [5.74, 6) is 1.03. The van der Waals surface area contributed by atoms with E-state index in [-0.39, 0.29) is 5.91 Å². The molecule has 0 unspecified atom stereocenters. The van der Waals surface area contributed by atoms with Gasteiger partial charge in [0.25, 0.3) is 5.91 Å². The van der Waals surface area contributed by atoms with Crippen molar-refractivity contribution in [1.82, 2.24) is 19.9 Å². The zero-order valence-corrected chi connectivity index (χ0v) is 14.8. The molecule has 6 nitrogen and oxygen atoms in total. The molecule has 0 saturated carbocycles. The van der Waals surface area contributed by atoms with E-state index in [1.54, 1.807) is 6.33 Å². The summed E-state index contributed by atoms with van der Waals surface area (Å²) >= 11 is 0. The lowest BCUT2D eigenvalue weighted by atomic mass is 10.1. The molecule has 5 rings (SSSR count). The Morgan fingerprint density at radius 3 is 2.70 bits per heavy atom. The number of nitrogens with zero attached hydrogens (tertiary/aromatic N) is 4. The van der Waals surface area contributed by atoms with Crippen molar-refractivity contribution in [3.63, 3.8) is 0 Å². The van der Waals surface area contributed by atoms with Gasteiger partial charge in [0.1, 0.15) is 12.1 Å². The Morgan fingerprint density at radius 1 is 0.963 bits per heavy atom. The van der Waals surface area contributed by atoms with Gasteiger partial charge < -0.3 is 14.8 Å². The molecule has 1 amide bonds. The second-order valence-corrected chi connectivity index (χ2v) is 6.77. The van der Waals surface area contributed by atoms with Gasteiger partial charge >= 0.3 is 0 Å². The number of hydrogen-bond donors (Lipinski definition) is 1. The van der Waals surface area contributed by atoms with Crippen LogP contribution in [-0.2, 0) is 0 Å². The number of benzene rings is 2. The van der Waals surface area contributed by atoms with Crippen molar-refractivity contribution in [3.8, 4) is 0 Å². The minimum absolute atomic E-state index is 0.0821. The fourth-order valence-corrected chi connectivity index (χ4v) is 3.73. The van der Waals surface area contributed by atoms with Crippen molar-refractivity contribution in [2.75, 3.05) is 31.1 Å². The molecule has 6 heteroatoms. The summed E-state index contributed by atoms with van der Waals surface area (Å²) in [5, 5.41) is 2.17. The predicted octanol–water partition coefficient (Wildman–Crippen LogP) is 3.07. The molecule has 4 aromatic rings. The third kappa shape index (κ3) is 2.79. The Morgan fingerprint density at radius 2 is 1.81 bits per heavy atom. The number of amides is 1. The Kier molecular flexibility index (Phi) is 3.74. The van der Waals surface area contributed by atoms with Crippen molar-refractivity contribution < 1.29 is 4.79 Å². The number of carbonyl (C=O) groups is 1. The summed E-state index contributed by atoms with van der Waals surface area (Å²) in [6, 6.07) is 15.9. The highest BCUT2D eigenvalue weighted by Crippen LogP contribution is 2.24. The molecule has 27 heavy (non-hydrogen) atoms. The van der Waals surface area contributed by atoms with Gasteiger partial charge in [-0.2, -0.15) is 0 Å². The molecule has 3 heterocycles. The monoisotopic (exact) mass is 357 g/mol. The number of carbonyl (C=O) groups excluding carboxylic acids is 1. The number of anilines is 1. The number of para-hydroxylation sites is 1. The Balaban J connectivity index is 1.34. The van der Waals surface area contributed by atoms with Crippen molar-refractivity contribution in [3.05, 3.63) is 66.6 Å². The number of piperazine rings is 1. The molecule has 2 aromatic heterocycles. The summed E-state index contributed by atoms with van der Waals surface area (Å²) in [5.41, 5.74) is 2.66. The van der Waals surface area contributed by atoms with Crippen LogP contribution in [0.1, 0.15) is 10.4 Å². The van der Waals surface area contributed by atoms with Crippen LogP contribution in [0.15, 0.2) is 61.1 Å². The molecule has 1 aliphatic heterocycles.